The van der Waals surface area contributed by atoms with Gasteiger partial charge in [-0.15, -0.1) is 0 Å². The van der Waals surface area contributed by atoms with Crippen LogP contribution in [-0.4, -0.2) is 41.9 Å². The molecule has 0 spiro atoms. The second-order valence-corrected chi connectivity index (χ2v) is 5.60. The SMILES string of the molecule is CC(C)C(=O)N1CCN(C(C)c2ccccc2)CC1. The first-order valence-corrected chi connectivity index (χ1v) is 7.17. The summed E-state index contributed by atoms with van der Waals surface area (Å²) >= 11 is 0. The van der Waals surface area contributed by atoms with Crippen LogP contribution in [0.4, 0.5) is 0 Å². The van der Waals surface area contributed by atoms with Crippen LogP contribution in [0.5, 0.6) is 0 Å². The second kappa shape index (κ2) is 6.20. The van der Waals surface area contributed by atoms with Crippen LogP contribution >= 0.6 is 0 Å². The Balaban J connectivity index is 1.91. The van der Waals surface area contributed by atoms with Gasteiger partial charge in [-0.2, -0.15) is 0 Å². The molecule has 1 atom stereocenters. The van der Waals surface area contributed by atoms with Crippen molar-refractivity contribution in [1.29, 1.82) is 0 Å². The summed E-state index contributed by atoms with van der Waals surface area (Å²) in [5, 5.41) is 0. The van der Waals surface area contributed by atoms with Gasteiger partial charge in [0, 0.05) is 38.1 Å². The molecule has 0 N–H and O–H groups in total. The van der Waals surface area contributed by atoms with E-state index in [2.05, 4.69) is 42.2 Å². The fourth-order valence-electron chi connectivity index (χ4n) is 2.64. The molecule has 0 saturated carbocycles. The molecule has 0 aromatic heterocycles. The van der Waals surface area contributed by atoms with Crippen molar-refractivity contribution < 1.29 is 4.79 Å². The molecular formula is C16H24N2O. The van der Waals surface area contributed by atoms with Gasteiger partial charge in [0.05, 0.1) is 0 Å². The van der Waals surface area contributed by atoms with Crippen molar-refractivity contribution in [2.75, 3.05) is 26.2 Å². The molecule has 0 aliphatic carbocycles. The number of carbonyl (C=O) groups excluding carboxylic acids is 1. The van der Waals surface area contributed by atoms with E-state index in [1.165, 1.54) is 5.56 Å². The number of nitrogens with zero attached hydrogens (tertiary/aromatic N) is 2. The molecule has 1 aliphatic rings. The van der Waals surface area contributed by atoms with E-state index < -0.39 is 0 Å². The second-order valence-electron chi connectivity index (χ2n) is 5.60. The molecule has 1 fully saturated rings. The fourth-order valence-corrected chi connectivity index (χ4v) is 2.64. The number of benzene rings is 1. The topological polar surface area (TPSA) is 23.6 Å². The molecule has 1 heterocycles. The summed E-state index contributed by atoms with van der Waals surface area (Å²) in [5.41, 5.74) is 1.35. The molecule has 1 aromatic carbocycles. The van der Waals surface area contributed by atoms with Crippen molar-refractivity contribution in [2.45, 2.75) is 26.8 Å². The summed E-state index contributed by atoms with van der Waals surface area (Å²) in [6.07, 6.45) is 0. The lowest BCUT2D eigenvalue weighted by atomic mass is 10.1. The van der Waals surface area contributed by atoms with Crippen molar-refractivity contribution in [1.82, 2.24) is 9.80 Å². The van der Waals surface area contributed by atoms with E-state index >= 15 is 0 Å². The largest absolute Gasteiger partial charge is 0.340 e. The van der Waals surface area contributed by atoms with Crippen LogP contribution in [0, 0.1) is 5.92 Å². The van der Waals surface area contributed by atoms with Crippen molar-refractivity contribution in [3.63, 3.8) is 0 Å². The van der Waals surface area contributed by atoms with E-state index in [0.717, 1.165) is 26.2 Å². The Labute approximate surface area is 116 Å². The molecule has 2 rings (SSSR count). The van der Waals surface area contributed by atoms with Gasteiger partial charge in [-0.25, -0.2) is 0 Å². The zero-order valence-corrected chi connectivity index (χ0v) is 12.2. The summed E-state index contributed by atoms with van der Waals surface area (Å²) in [7, 11) is 0. The van der Waals surface area contributed by atoms with Crippen LogP contribution in [0.1, 0.15) is 32.4 Å². The smallest absolute Gasteiger partial charge is 0.225 e. The summed E-state index contributed by atoms with van der Waals surface area (Å²) in [4.78, 5) is 16.4. The quantitative estimate of drug-likeness (QED) is 0.834. The Bertz CT molecular complexity index is 408. The molecule has 1 amide bonds. The summed E-state index contributed by atoms with van der Waals surface area (Å²) < 4.78 is 0. The fraction of sp³-hybridized carbons (Fsp3) is 0.562. The summed E-state index contributed by atoms with van der Waals surface area (Å²) in [6.45, 7) is 9.84. The molecule has 3 heteroatoms. The highest BCUT2D eigenvalue weighted by Crippen LogP contribution is 2.21. The highest BCUT2D eigenvalue weighted by atomic mass is 16.2. The molecular weight excluding hydrogens is 236 g/mol. The predicted octanol–water partition coefficient (Wildman–Crippen LogP) is 2.55. The van der Waals surface area contributed by atoms with Gasteiger partial charge in [-0.1, -0.05) is 44.2 Å². The molecule has 19 heavy (non-hydrogen) atoms. The van der Waals surface area contributed by atoms with Gasteiger partial charge in [0.25, 0.3) is 0 Å². The van der Waals surface area contributed by atoms with Crippen LogP contribution in [0.25, 0.3) is 0 Å². The molecule has 1 unspecified atom stereocenters. The Morgan fingerprint density at radius 1 is 1.00 bits per heavy atom. The summed E-state index contributed by atoms with van der Waals surface area (Å²) in [6, 6.07) is 11.0. The average molecular weight is 260 g/mol. The maximum absolute atomic E-state index is 12.0. The van der Waals surface area contributed by atoms with E-state index in [0.29, 0.717) is 6.04 Å². The molecule has 104 valence electrons. The normalized spacial score (nSPS) is 18.6. The van der Waals surface area contributed by atoms with E-state index in [-0.39, 0.29) is 11.8 Å². The first-order valence-electron chi connectivity index (χ1n) is 7.17. The van der Waals surface area contributed by atoms with Gasteiger partial charge >= 0.3 is 0 Å². The lowest BCUT2D eigenvalue weighted by Crippen LogP contribution is -2.50. The van der Waals surface area contributed by atoms with E-state index in [4.69, 9.17) is 0 Å². The van der Waals surface area contributed by atoms with E-state index in [1.54, 1.807) is 0 Å². The predicted molar refractivity (Wildman–Crippen MR) is 77.8 cm³/mol. The minimum atomic E-state index is 0.109. The third kappa shape index (κ3) is 3.35. The molecule has 0 radical (unpaired) electrons. The molecule has 3 nitrogen and oxygen atoms in total. The Morgan fingerprint density at radius 3 is 2.11 bits per heavy atom. The first-order chi connectivity index (χ1) is 9.09. The Kier molecular flexibility index (Phi) is 4.59. The van der Waals surface area contributed by atoms with Gasteiger partial charge in [0.2, 0.25) is 5.91 Å². The van der Waals surface area contributed by atoms with E-state index in [9.17, 15) is 4.79 Å². The van der Waals surface area contributed by atoms with Gasteiger partial charge < -0.3 is 4.90 Å². The summed E-state index contributed by atoms with van der Waals surface area (Å²) in [5.74, 6) is 0.394. The lowest BCUT2D eigenvalue weighted by molar-refractivity contribution is -0.136. The standard InChI is InChI=1S/C16H24N2O/c1-13(2)16(19)18-11-9-17(10-12-18)14(3)15-7-5-4-6-8-15/h4-8,13-14H,9-12H2,1-3H3. The zero-order valence-electron chi connectivity index (χ0n) is 12.2. The number of amides is 1. The number of hydrogen-bond acceptors (Lipinski definition) is 2. The van der Waals surface area contributed by atoms with Crippen LogP contribution in [0.3, 0.4) is 0 Å². The van der Waals surface area contributed by atoms with Crippen LogP contribution in [-0.2, 0) is 4.79 Å². The molecule has 1 aliphatic heterocycles. The van der Waals surface area contributed by atoms with Crippen molar-refractivity contribution in [3.8, 4) is 0 Å². The van der Waals surface area contributed by atoms with Crippen LogP contribution in [0.15, 0.2) is 30.3 Å². The zero-order chi connectivity index (χ0) is 13.8. The third-order valence-corrected chi connectivity index (χ3v) is 3.95. The number of rotatable bonds is 3. The molecule has 1 saturated heterocycles. The number of piperazine rings is 1. The van der Waals surface area contributed by atoms with Gasteiger partial charge in [0.1, 0.15) is 0 Å². The number of carbonyl (C=O) groups is 1. The van der Waals surface area contributed by atoms with Crippen LogP contribution in [0.2, 0.25) is 0 Å². The minimum absolute atomic E-state index is 0.109. The van der Waals surface area contributed by atoms with Crippen molar-refractivity contribution in [2.24, 2.45) is 5.92 Å². The highest BCUT2D eigenvalue weighted by molar-refractivity contribution is 5.78. The molecule has 0 bridgehead atoms. The van der Waals surface area contributed by atoms with Crippen molar-refractivity contribution >= 4 is 5.91 Å². The van der Waals surface area contributed by atoms with Gasteiger partial charge in [-0.05, 0) is 12.5 Å². The molecule has 1 aromatic rings. The Morgan fingerprint density at radius 2 is 1.58 bits per heavy atom. The van der Waals surface area contributed by atoms with Gasteiger partial charge in [-0.3, -0.25) is 9.69 Å². The third-order valence-electron chi connectivity index (χ3n) is 3.95. The highest BCUT2D eigenvalue weighted by Gasteiger charge is 2.25. The Hall–Kier alpha value is -1.35. The maximum Gasteiger partial charge on any atom is 0.225 e. The van der Waals surface area contributed by atoms with Crippen LogP contribution < -0.4 is 0 Å². The monoisotopic (exact) mass is 260 g/mol. The first kappa shape index (κ1) is 14.1. The number of hydrogen-bond donors (Lipinski definition) is 0. The average Bonchev–Trinajstić information content (AvgIpc) is 2.46. The maximum atomic E-state index is 12.0. The van der Waals surface area contributed by atoms with Crippen molar-refractivity contribution in [3.05, 3.63) is 35.9 Å². The lowest BCUT2D eigenvalue weighted by Gasteiger charge is -2.38. The van der Waals surface area contributed by atoms with Gasteiger partial charge in [0.15, 0.2) is 0 Å². The van der Waals surface area contributed by atoms with E-state index in [1.807, 2.05) is 18.7 Å². The minimum Gasteiger partial charge on any atom is -0.340 e.